The quantitative estimate of drug-likeness (QED) is 0.628. The van der Waals surface area contributed by atoms with Crippen molar-refractivity contribution in [3.8, 4) is 5.75 Å². The largest absolute Gasteiger partial charge is 0.489 e. The van der Waals surface area contributed by atoms with E-state index in [1.807, 2.05) is 60.8 Å². The lowest BCUT2D eigenvalue weighted by Crippen LogP contribution is -1.95. The number of hydrogen-bond acceptors (Lipinski definition) is 3. The number of rotatable bonds is 6. The highest BCUT2D eigenvalue weighted by molar-refractivity contribution is 5.79. The zero-order valence-corrected chi connectivity index (χ0v) is 12.2. The van der Waals surface area contributed by atoms with Crippen molar-refractivity contribution in [3.05, 3.63) is 89.9 Å². The molecule has 0 saturated carbocycles. The van der Waals surface area contributed by atoms with Gasteiger partial charge in [0.05, 0.1) is 12.8 Å². The molecule has 0 aliphatic rings. The van der Waals surface area contributed by atoms with Crippen LogP contribution in [0.15, 0.2) is 82.4 Å². The van der Waals surface area contributed by atoms with Crippen LogP contribution in [0.25, 0.3) is 0 Å². The molecule has 0 spiro atoms. The monoisotopic (exact) mass is 291 g/mol. The van der Waals surface area contributed by atoms with E-state index in [2.05, 4.69) is 17.1 Å². The summed E-state index contributed by atoms with van der Waals surface area (Å²) in [7, 11) is 0. The average Bonchev–Trinajstić information content (AvgIpc) is 3.08. The van der Waals surface area contributed by atoms with Crippen LogP contribution in [0.4, 0.5) is 0 Å². The van der Waals surface area contributed by atoms with Crippen LogP contribution in [0.2, 0.25) is 0 Å². The van der Waals surface area contributed by atoms with Crippen molar-refractivity contribution < 1.29 is 9.15 Å². The van der Waals surface area contributed by atoms with E-state index >= 15 is 0 Å². The Bertz CT molecular complexity index is 701. The lowest BCUT2D eigenvalue weighted by atomic mass is 10.2. The van der Waals surface area contributed by atoms with Crippen molar-refractivity contribution in [3.63, 3.8) is 0 Å². The number of hydrogen-bond donors (Lipinski definition) is 0. The van der Waals surface area contributed by atoms with Crippen molar-refractivity contribution in [2.24, 2.45) is 4.99 Å². The second kappa shape index (κ2) is 7.27. The molecule has 0 fully saturated rings. The van der Waals surface area contributed by atoms with E-state index in [0.29, 0.717) is 13.2 Å². The van der Waals surface area contributed by atoms with Crippen LogP contribution >= 0.6 is 0 Å². The summed E-state index contributed by atoms with van der Waals surface area (Å²) in [5, 5.41) is 0. The minimum atomic E-state index is 0.555. The van der Waals surface area contributed by atoms with Gasteiger partial charge in [-0.05, 0) is 47.5 Å². The predicted octanol–water partition coefficient (Wildman–Crippen LogP) is 4.48. The fourth-order valence-corrected chi connectivity index (χ4v) is 2.03. The number of furan rings is 1. The summed E-state index contributed by atoms with van der Waals surface area (Å²) in [4.78, 5) is 4.35. The molecule has 3 nitrogen and oxygen atoms in total. The van der Waals surface area contributed by atoms with Crippen LogP contribution in [-0.4, -0.2) is 6.21 Å². The molecular weight excluding hydrogens is 274 g/mol. The van der Waals surface area contributed by atoms with Gasteiger partial charge in [-0.15, -0.1) is 0 Å². The van der Waals surface area contributed by atoms with E-state index in [1.165, 1.54) is 0 Å². The molecular formula is C19H17NO2. The summed E-state index contributed by atoms with van der Waals surface area (Å²) < 4.78 is 11.0. The van der Waals surface area contributed by atoms with Gasteiger partial charge in [-0.2, -0.15) is 0 Å². The van der Waals surface area contributed by atoms with Crippen molar-refractivity contribution in [1.29, 1.82) is 0 Å². The average molecular weight is 291 g/mol. The van der Waals surface area contributed by atoms with Crippen molar-refractivity contribution in [2.45, 2.75) is 13.2 Å². The highest BCUT2D eigenvalue weighted by atomic mass is 16.5. The SMILES string of the molecule is C(=NCc1ccco1)c1ccc(OCc2ccccc2)cc1. The van der Waals surface area contributed by atoms with Gasteiger partial charge < -0.3 is 9.15 Å². The predicted molar refractivity (Wildman–Crippen MR) is 87.2 cm³/mol. The lowest BCUT2D eigenvalue weighted by Gasteiger charge is -2.06. The maximum Gasteiger partial charge on any atom is 0.125 e. The third kappa shape index (κ3) is 4.09. The van der Waals surface area contributed by atoms with Gasteiger partial charge in [0.1, 0.15) is 18.1 Å². The van der Waals surface area contributed by atoms with Gasteiger partial charge in [0.15, 0.2) is 0 Å². The van der Waals surface area contributed by atoms with E-state index in [4.69, 9.17) is 9.15 Å². The van der Waals surface area contributed by atoms with E-state index in [1.54, 1.807) is 6.26 Å². The van der Waals surface area contributed by atoms with Crippen molar-refractivity contribution in [1.82, 2.24) is 0 Å². The minimum absolute atomic E-state index is 0.555. The maximum absolute atomic E-state index is 5.75. The van der Waals surface area contributed by atoms with E-state index in [9.17, 15) is 0 Å². The molecule has 1 heterocycles. The van der Waals surface area contributed by atoms with Gasteiger partial charge >= 0.3 is 0 Å². The third-order valence-electron chi connectivity index (χ3n) is 3.20. The molecule has 0 bridgehead atoms. The van der Waals surface area contributed by atoms with Gasteiger partial charge in [0, 0.05) is 6.21 Å². The zero-order chi connectivity index (χ0) is 15.0. The Morgan fingerprint density at radius 2 is 1.73 bits per heavy atom. The summed E-state index contributed by atoms with van der Waals surface area (Å²) in [6, 6.07) is 21.8. The Hall–Kier alpha value is -2.81. The van der Waals surface area contributed by atoms with Gasteiger partial charge in [0.25, 0.3) is 0 Å². The first-order valence-electron chi connectivity index (χ1n) is 7.19. The van der Waals surface area contributed by atoms with Crippen molar-refractivity contribution >= 4 is 6.21 Å². The molecule has 3 heteroatoms. The molecule has 3 rings (SSSR count). The zero-order valence-electron chi connectivity index (χ0n) is 12.2. The second-order valence-corrected chi connectivity index (χ2v) is 4.89. The molecule has 0 radical (unpaired) electrons. The summed E-state index contributed by atoms with van der Waals surface area (Å²) in [5.41, 5.74) is 2.20. The smallest absolute Gasteiger partial charge is 0.125 e. The highest BCUT2D eigenvalue weighted by Gasteiger charge is 1.96. The number of aliphatic imine (C=N–C) groups is 1. The first-order valence-corrected chi connectivity index (χ1v) is 7.19. The number of nitrogens with zero attached hydrogens (tertiary/aromatic N) is 1. The second-order valence-electron chi connectivity index (χ2n) is 4.89. The van der Waals surface area contributed by atoms with Crippen LogP contribution in [-0.2, 0) is 13.2 Å². The molecule has 3 aromatic rings. The van der Waals surface area contributed by atoms with E-state index in [-0.39, 0.29) is 0 Å². The molecule has 0 N–H and O–H groups in total. The van der Waals surface area contributed by atoms with Crippen LogP contribution in [0.1, 0.15) is 16.9 Å². The molecule has 2 aromatic carbocycles. The molecule has 110 valence electrons. The number of ether oxygens (including phenoxy) is 1. The van der Waals surface area contributed by atoms with Gasteiger partial charge in [-0.25, -0.2) is 0 Å². The van der Waals surface area contributed by atoms with Crippen LogP contribution < -0.4 is 4.74 Å². The molecule has 1 aromatic heterocycles. The summed E-state index contributed by atoms with van der Waals surface area (Å²) >= 11 is 0. The Balaban J connectivity index is 1.52. The molecule has 0 amide bonds. The van der Waals surface area contributed by atoms with E-state index < -0.39 is 0 Å². The first kappa shape index (κ1) is 14.1. The Labute approximate surface area is 129 Å². The first-order chi connectivity index (χ1) is 10.9. The maximum atomic E-state index is 5.75. The fourth-order valence-electron chi connectivity index (χ4n) is 2.03. The normalized spacial score (nSPS) is 10.9. The third-order valence-corrected chi connectivity index (χ3v) is 3.20. The minimum Gasteiger partial charge on any atom is -0.489 e. The Morgan fingerprint density at radius 3 is 2.45 bits per heavy atom. The van der Waals surface area contributed by atoms with Crippen LogP contribution in [0.5, 0.6) is 5.75 Å². The highest BCUT2D eigenvalue weighted by Crippen LogP contribution is 2.13. The summed E-state index contributed by atoms with van der Waals surface area (Å²) in [6.07, 6.45) is 3.49. The topological polar surface area (TPSA) is 34.7 Å². The molecule has 0 unspecified atom stereocenters. The Kier molecular flexibility index (Phi) is 4.67. The van der Waals surface area contributed by atoms with Crippen LogP contribution in [0.3, 0.4) is 0 Å². The summed E-state index contributed by atoms with van der Waals surface area (Å²) in [6.45, 7) is 1.13. The van der Waals surface area contributed by atoms with Gasteiger partial charge in [0.2, 0.25) is 0 Å². The van der Waals surface area contributed by atoms with Crippen molar-refractivity contribution in [2.75, 3.05) is 0 Å². The fraction of sp³-hybridized carbons (Fsp3) is 0.105. The molecule has 0 aliphatic heterocycles. The molecule has 0 atom stereocenters. The standard InChI is InChI=1S/C19H17NO2/c1-2-5-17(6-3-1)15-22-18-10-8-16(9-11-18)13-20-14-19-7-4-12-21-19/h1-13H,14-15H2. The summed E-state index contributed by atoms with van der Waals surface area (Å²) in [5.74, 6) is 1.71. The van der Waals surface area contributed by atoms with Gasteiger partial charge in [-0.1, -0.05) is 30.3 Å². The Morgan fingerprint density at radius 1 is 0.909 bits per heavy atom. The van der Waals surface area contributed by atoms with Gasteiger partial charge in [-0.3, -0.25) is 4.99 Å². The lowest BCUT2D eigenvalue weighted by molar-refractivity contribution is 0.306. The van der Waals surface area contributed by atoms with E-state index in [0.717, 1.165) is 22.6 Å². The number of benzene rings is 2. The van der Waals surface area contributed by atoms with Crippen LogP contribution in [0, 0.1) is 0 Å². The molecule has 0 aliphatic carbocycles. The molecule has 0 saturated heterocycles. The molecule has 22 heavy (non-hydrogen) atoms.